The molecule has 0 radical (unpaired) electrons. The normalized spacial score (nSPS) is 32.2. The second-order valence-electron chi connectivity index (χ2n) is 26.4. The Morgan fingerprint density at radius 3 is 1.39 bits per heavy atom. The average Bonchev–Trinajstić information content (AvgIpc) is 0.793. The molecule has 21 nitrogen and oxygen atoms in total. The molecule has 5 aliphatic heterocycles. The van der Waals surface area contributed by atoms with Crippen LogP contribution >= 0.6 is 69.6 Å². The van der Waals surface area contributed by atoms with Crippen molar-refractivity contribution in [2.24, 2.45) is 0 Å². The van der Waals surface area contributed by atoms with E-state index in [1.54, 1.807) is 36.4 Å². The van der Waals surface area contributed by atoms with Crippen molar-refractivity contribution >= 4 is 116 Å². The number of esters is 3. The van der Waals surface area contributed by atoms with Gasteiger partial charge in [0.25, 0.3) is 19.4 Å². The molecule has 8 rings (SSSR count). The van der Waals surface area contributed by atoms with Crippen LogP contribution in [0.3, 0.4) is 0 Å². The van der Waals surface area contributed by atoms with Gasteiger partial charge in [0.15, 0.2) is 37.2 Å². The van der Waals surface area contributed by atoms with Crippen LogP contribution in [0.4, 0.5) is 0 Å². The third-order valence-electron chi connectivity index (χ3n) is 16.2. The number of aliphatic hydroxyl groups is 1. The lowest BCUT2D eigenvalue weighted by molar-refractivity contribution is -0.363. The number of carbonyl (C=O) groups excluding carboxylic acids is 5. The monoisotopic (exact) mass is 1370 g/mol. The fraction of sp³-hybridized carbons (Fsp3) is 0.672. The van der Waals surface area contributed by atoms with Gasteiger partial charge in [-0.1, -0.05) is 201 Å². The maximum Gasteiger partial charge on any atom is 0.349 e. The number of halogens is 6. The smallest absolute Gasteiger partial charge is 0.349 e. The molecule has 2 amide bonds. The number of rotatable bonds is 13. The Morgan fingerprint density at radius 1 is 0.529 bits per heavy atom. The van der Waals surface area contributed by atoms with E-state index in [2.05, 4.69) is 10.6 Å². The summed E-state index contributed by atoms with van der Waals surface area (Å²) in [7, 11) is -5.93. The maximum atomic E-state index is 14.8. The number of methoxy groups -OCH3 is 1. The summed E-state index contributed by atoms with van der Waals surface area (Å²) in [5, 5.41) is 15.4. The molecule has 6 aliphatic rings. The van der Waals surface area contributed by atoms with E-state index in [0.717, 1.165) is 7.11 Å². The van der Waals surface area contributed by atoms with Gasteiger partial charge < -0.3 is 76.1 Å². The summed E-state index contributed by atoms with van der Waals surface area (Å²) in [6.45, 7) is 23.4. The zero-order valence-electron chi connectivity index (χ0n) is 50.6. The minimum Gasteiger partial charge on any atom is -0.467 e. The van der Waals surface area contributed by atoms with Crippen LogP contribution in [0.5, 0.6) is 0 Å². The van der Waals surface area contributed by atoms with E-state index in [1.165, 1.54) is 24.3 Å². The molecule has 5 heterocycles. The molecular weight excluding hydrogens is 1300 g/mol. The number of alkyl halides is 6. The molecule has 2 aromatic rings. The zero-order valence-corrected chi connectivity index (χ0v) is 57.1. The van der Waals surface area contributed by atoms with Gasteiger partial charge in [-0.2, -0.15) is 0 Å². The average molecular weight is 1380 g/mol. The van der Waals surface area contributed by atoms with Crippen molar-refractivity contribution in [3.8, 4) is 0 Å². The molecule has 0 spiro atoms. The molecule has 484 valence electrons. The number of ether oxygens (including phenoxy) is 9. The van der Waals surface area contributed by atoms with Crippen LogP contribution in [-0.2, 0) is 74.7 Å². The summed E-state index contributed by atoms with van der Waals surface area (Å²) >= 11 is 37.5. The molecule has 29 heteroatoms. The lowest BCUT2D eigenvalue weighted by Gasteiger charge is -2.59. The largest absolute Gasteiger partial charge is 0.467 e. The van der Waals surface area contributed by atoms with Gasteiger partial charge in [0.1, 0.15) is 54.8 Å². The number of amides is 2. The molecule has 3 N–H and O–H groups in total. The molecule has 15 atom stereocenters. The van der Waals surface area contributed by atoms with E-state index in [-0.39, 0.29) is 24.3 Å². The van der Waals surface area contributed by atoms with E-state index in [0.29, 0.717) is 12.8 Å². The zero-order chi connectivity index (χ0) is 64.2. The molecule has 5 saturated heterocycles. The first-order chi connectivity index (χ1) is 40.3. The lowest BCUT2D eigenvalue weighted by atomic mass is 9.94. The Balaban J connectivity index is 1.31. The number of hydrogen-bond acceptors (Lipinski definition) is 19. The van der Waals surface area contributed by atoms with E-state index in [1.807, 2.05) is 95.2 Å². The van der Waals surface area contributed by atoms with Gasteiger partial charge in [-0.15, -0.1) is 0 Å². The second-order valence-corrected chi connectivity index (χ2v) is 40.5. The van der Waals surface area contributed by atoms with Crippen LogP contribution in [0.1, 0.15) is 117 Å². The van der Waals surface area contributed by atoms with Gasteiger partial charge in [0.2, 0.25) is 0 Å². The third kappa shape index (κ3) is 14.9. The van der Waals surface area contributed by atoms with Gasteiger partial charge in [-0.05, 0) is 37.1 Å². The van der Waals surface area contributed by atoms with Gasteiger partial charge >= 0.3 is 35.0 Å². The number of nitrogens with one attached hydrogen (secondary N) is 2. The molecule has 0 aromatic heterocycles. The fourth-order valence-electron chi connectivity index (χ4n) is 12.6. The van der Waals surface area contributed by atoms with Crippen molar-refractivity contribution < 1.29 is 89.4 Å². The molecule has 5 fully saturated rings. The lowest BCUT2D eigenvalue weighted by Crippen LogP contribution is -2.75. The molecule has 87 heavy (non-hydrogen) atoms. The quantitative estimate of drug-likeness (QED) is 0.0555. The van der Waals surface area contributed by atoms with Crippen molar-refractivity contribution in [3.63, 3.8) is 0 Å². The van der Waals surface area contributed by atoms with E-state index in [9.17, 15) is 29.1 Å². The summed E-state index contributed by atoms with van der Waals surface area (Å²) in [6, 6.07) is 12.2. The molecule has 1 aliphatic carbocycles. The Labute approximate surface area is 539 Å². The Bertz CT molecular complexity index is 2770. The van der Waals surface area contributed by atoms with Gasteiger partial charge in [-0.3, -0.25) is 9.59 Å². The summed E-state index contributed by atoms with van der Waals surface area (Å²) in [5.41, 5.74) is -0.0237. The first-order valence-electron chi connectivity index (χ1n) is 28.6. The summed E-state index contributed by atoms with van der Waals surface area (Å²) < 4.78 is 81.9. The fourth-order valence-corrected chi connectivity index (χ4v) is 22.8. The highest BCUT2D eigenvalue weighted by Gasteiger charge is 2.69. The van der Waals surface area contributed by atoms with Crippen LogP contribution in [-0.4, -0.2) is 178 Å². The van der Waals surface area contributed by atoms with Crippen LogP contribution in [0.2, 0.25) is 20.2 Å². The first-order valence-corrected chi connectivity index (χ1v) is 34.5. The van der Waals surface area contributed by atoms with E-state index < -0.39 is 173 Å². The van der Waals surface area contributed by atoms with Gasteiger partial charge in [0, 0.05) is 20.2 Å². The van der Waals surface area contributed by atoms with E-state index in [4.69, 9.17) is 130 Å². The molecular formula is C58H78Cl6N2O19Si2. The van der Waals surface area contributed by atoms with Crippen LogP contribution in [0.25, 0.3) is 0 Å². The predicted molar refractivity (Wildman–Crippen MR) is 325 cm³/mol. The maximum absolute atomic E-state index is 14.8. The Kier molecular flexibility index (Phi) is 21.5. The van der Waals surface area contributed by atoms with Crippen LogP contribution < -0.4 is 10.6 Å². The Morgan fingerprint density at radius 2 is 0.943 bits per heavy atom. The molecule has 0 unspecified atom stereocenters. The summed E-state index contributed by atoms with van der Waals surface area (Å²) in [5.74, 6) is -5.60. The van der Waals surface area contributed by atoms with Crippen molar-refractivity contribution in [2.45, 2.75) is 222 Å². The van der Waals surface area contributed by atoms with Crippen molar-refractivity contribution in [3.05, 3.63) is 83.9 Å². The number of fused-ring (bicyclic) bond motifs is 2. The highest BCUT2D eigenvalue weighted by atomic mass is 35.6. The minimum atomic E-state index is -3.57. The van der Waals surface area contributed by atoms with E-state index >= 15 is 0 Å². The SMILES string of the molecule is COC(=O)[C@H]1O[C@@H](O[C@@H]2[C@@H](NC(=O)C(Cl)(Cl)Cl)[C@H](OC3CC=CC3)O[C@@H]3CO[Si](C(C)(C)C)(C(C)(C)C)O[C@@H]23)[C@H](OC(=O)c2ccccc2)[C@@H](OC(=O)c2ccccc2)[C@@H]1O[C@@H]1O[C@@H]2CO[Si](C(C)(C)C)(C(C)(C)C)O[C@H]2[C@H](O)[C@H]1NC(=O)C(Cl)(Cl)Cl. The summed E-state index contributed by atoms with van der Waals surface area (Å²) in [6.07, 6.45) is -17.2. The Hall–Kier alpha value is -2.74. The third-order valence-corrected chi connectivity index (χ3v) is 27.5. The topological polar surface area (TPSA) is 250 Å². The van der Waals surface area contributed by atoms with Crippen molar-refractivity contribution in [2.75, 3.05) is 20.3 Å². The number of hydrogen-bond donors (Lipinski definition) is 3. The van der Waals surface area contributed by atoms with Crippen LogP contribution in [0, 0.1) is 0 Å². The van der Waals surface area contributed by atoms with Gasteiger partial charge in [0.05, 0.1) is 37.6 Å². The molecule has 2 aromatic carbocycles. The van der Waals surface area contributed by atoms with Crippen molar-refractivity contribution in [1.82, 2.24) is 10.6 Å². The standard InChI is InChI=1S/C58H78Cl6N2O19Si2/c1-53(2,3)86(54(4,5)6)74-28-33-38(84-86)37(67)35(65-51(71)57(59,60)61)48(77-33)82-41-42(79-45(68)30-22-16-14-17-23-30)44(80-46(69)31-24-18-15-19-25-31)50(83-43(41)47(70)73-13)81-40-36(66-52(72)58(62,63)64)49(76-32-26-20-21-27-32)78-34-29-75-87(55(7,8)9,56(10,11)12)85-39(34)40/h14-25,32-44,48-50,67H,26-29H2,1-13H3,(H,65,71)(H,66,72)/t33-,34-,35-,36-,37-,38-,39-,40-,41+,42+,43+,44-,48+,49-,50-/m1/s1. The highest BCUT2D eigenvalue weighted by molar-refractivity contribution is 6.77. The number of benzene rings is 2. The molecule has 0 bridgehead atoms. The first kappa shape index (κ1) is 70.1. The minimum absolute atomic E-state index is 0.00451. The number of aliphatic hydroxyl groups excluding tert-OH is 1. The second kappa shape index (κ2) is 26.7. The summed E-state index contributed by atoms with van der Waals surface area (Å²) in [4.78, 5) is 72.5. The molecule has 0 saturated carbocycles. The highest BCUT2D eigenvalue weighted by Crippen LogP contribution is 2.57. The predicted octanol–water partition coefficient (Wildman–Crippen LogP) is 9.28. The van der Waals surface area contributed by atoms with Gasteiger partial charge in [-0.25, -0.2) is 14.4 Å². The van der Waals surface area contributed by atoms with Crippen molar-refractivity contribution in [1.29, 1.82) is 0 Å². The number of carbonyl (C=O) groups is 5. The van der Waals surface area contributed by atoms with Crippen LogP contribution in [0.15, 0.2) is 72.8 Å².